The second-order valence-corrected chi connectivity index (χ2v) is 3.93. The first kappa shape index (κ1) is 16.1. The predicted octanol–water partition coefficient (Wildman–Crippen LogP) is 2.91. The lowest BCUT2D eigenvalue weighted by Crippen LogP contribution is -2.18. The van der Waals surface area contributed by atoms with Gasteiger partial charge in [-0.25, -0.2) is 0 Å². The lowest BCUT2D eigenvalue weighted by atomic mass is 10.0. The highest BCUT2D eigenvalue weighted by molar-refractivity contribution is 6.17. The van der Waals surface area contributed by atoms with Crippen LogP contribution in [0.3, 0.4) is 0 Å². The summed E-state index contributed by atoms with van der Waals surface area (Å²) in [5, 5.41) is 8.94. The molecule has 1 aromatic rings. The number of carbonyl (C=O) groups is 1. The van der Waals surface area contributed by atoms with E-state index in [2.05, 4.69) is 9.47 Å². The van der Waals surface area contributed by atoms with E-state index < -0.39 is 18.1 Å². The standard InChI is InChI=1S/C12H9ClF3NO3/c1-19-11(18)4-7-3-10(20-12(14,15)16)8(5-13)2-9(7)6-17/h2-3H,4-5H2,1H3. The first-order valence-electron chi connectivity index (χ1n) is 5.25. The number of methoxy groups -OCH3 is 1. The average molecular weight is 308 g/mol. The first-order chi connectivity index (χ1) is 9.30. The Balaban J connectivity index is 3.26. The van der Waals surface area contributed by atoms with Crippen molar-refractivity contribution in [2.45, 2.75) is 18.7 Å². The van der Waals surface area contributed by atoms with Crippen LogP contribution in [0.2, 0.25) is 0 Å². The third-order valence-electron chi connectivity index (χ3n) is 2.34. The molecule has 0 bridgehead atoms. The average Bonchev–Trinajstić information content (AvgIpc) is 2.37. The van der Waals surface area contributed by atoms with E-state index in [0.717, 1.165) is 19.2 Å². The van der Waals surface area contributed by atoms with Crippen molar-refractivity contribution in [1.82, 2.24) is 0 Å². The number of hydrogen-bond acceptors (Lipinski definition) is 4. The van der Waals surface area contributed by atoms with Gasteiger partial charge in [-0.3, -0.25) is 4.79 Å². The monoisotopic (exact) mass is 307 g/mol. The van der Waals surface area contributed by atoms with Gasteiger partial charge in [-0.1, -0.05) is 0 Å². The number of carbonyl (C=O) groups excluding carboxylic acids is 1. The molecule has 4 nitrogen and oxygen atoms in total. The molecule has 0 heterocycles. The molecule has 0 aromatic heterocycles. The predicted molar refractivity (Wildman–Crippen MR) is 63.1 cm³/mol. The topological polar surface area (TPSA) is 59.3 Å². The summed E-state index contributed by atoms with van der Waals surface area (Å²) in [6.07, 6.45) is -5.23. The molecule has 20 heavy (non-hydrogen) atoms. The van der Waals surface area contributed by atoms with Gasteiger partial charge in [0.05, 0.1) is 31.0 Å². The Morgan fingerprint density at radius 3 is 2.50 bits per heavy atom. The number of benzene rings is 1. The Morgan fingerprint density at radius 2 is 2.05 bits per heavy atom. The van der Waals surface area contributed by atoms with Crippen molar-refractivity contribution in [1.29, 1.82) is 5.26 Å². The molecule has 0 saturated carbocycles. The summed E-state index contributed by atoms with van der Waals surface area (Å²) in [5.41, 5.74) is 0.127. The number of rotatable bonds is 4. The summed E-state index contributed by atoms with van der Waals surface area (Å²) >= 11 is 5.53. The van der Waals surface area contributed by atoms with Crippen LogP contribution >= 0.6 is 11.6 Å². The fraction of sp³-hybridized carbons (Fsp3) is 0.333. The van der Waals surface area contributed by atoms with Crippen LogP contribution in [0.15, 0.2) is 12.1 Å². The van der Waals surface area contributed by atoms with Gasteiger partial charge in [0.2, 0.25) is 0 Å². The van der Waals surface area contributed by atoms with Crippen LogP contribution in [0.25, 0.3) is 0 Å². The highest BCUT2D eigenvalue weighted by Crippen LogP contribution is 2.30. The Bertz CT molecular complexity index is 552. The van der Waals surface area contributed by atoms with Crippen LogP contribution in [0.5, 0.6) is 5.75 Å². The van der Waals surface area contributed by atoms with Gasteiger partial charge in [-0.05, 0) is 17.7 Å². The molecule has 0 saturated heterocycles. The third-order valence-corrected chi connectivity index (χ3v) is 2.63. The van der Waals surface area contributed by atoms with Crippen molar-refractivity contribution in [3.63, 3.8) is 0 Å². The maximum absolute atomic E-state index is 12.3. The highest BCUT2D eigenvalue weighted by Gasteiger charge is 2.32. The minimum absolute atomic E-state index is 0.00848. The normalized spacial score (nSPS) is 10.8. The van der Waals surface area contributed by atoms with Gasteiger partial charge in [-0.2, -0.15) is 5.26 Å². The number of alkyl halides is 4. The van der Waals surface area contributed by atoms with Crippen LogP contribution in [-0.4, -0.2) is 19.4 Å². The maximum Gasteiger partial charge on any atom is 0.573 e. The van der Waals surface area contributed by atoms with E-state index in [0.29, 0.717) is 0 Å². The summed E-state index contributed by atoms with van der Waals surface area (Å²) in [4.78, 5) is 11.2. The second-order valence-electron chi connectivity index (χ2n) is 3.66. The molecule has 1 rings (SSSR count). The van der Waals surface area contributed by atoms with Gasteiger partial charge in [-0.15, -0.1) is 24.8 Å². The lowest BCUT2D eigenvalue weighted by Gasteiger charge is -2.14. The minimum atomic E-state index is -4.89. The molecule has 8 heteroatoms. The maximum atomic E-state index is 12.3. The Kier molecular flexibility index (Phi) is 5.22. The van der Waals surface area contributed by atoms with E-state index in [1.54, 1.807) is 6.07 Å². The summed E-state index contributed by atoms with van der Waals surface area (Å²) in [6, 6.07) is 3.92. The van der Waals surface area contributed by atoms with Crippen molar-refractivity contribution < 1.29 is 27.4 Å². The number of hydrogen-bond donors (Lipinski definition) is 0. The molecule has 0 atom stereocenters. The van der Waals surface area contributed by atoms with Crippen molar-refractivity contribution in [3.8, 4) is 11.8 Å². The van der Waals surface area contributed by atoms with E-state index in [4.69, 9.17) is 16.9 Å². The summed E-state index contributed by atoms with van der Waals surface area (Å²) in [6.45, 7) is 0. The highest BCUT2D eigenvalue weighted by atomic mass is 35.5. The quantitative estimate of drug-likeness (QED) is 0.634. The zero-order valence-corrected chi connectivity index (χ0v) is 11.0. The number of nitriles is 1. The lowest BCUT2D eigenvalue weighted by molar-refractivity contribution is -0.274. The summed E-state index contributed by atoms with van der Waals surface area (Å²) < 4.78 is 45.1. The fourth-order valence-corrected chi connectivity index (χ4v) is 1.68. The third kappa shape index (κ3) is 4.31. The van der Waals surface area contributed by atoms with Crippen molar-refractivity contribution >= 4 is 17.6 Å². The largest absolute Gasteiger partial charge is 0.573 e. The van der Waals surface area contributed by atoms with Crippen molar-refractivity contribution in [2.75, 3.05) is 7.11 Å². The van der Waals surface area contributed by atoms with Crippen LogP contribution < -0.4 is 4.74 Å². The first-order valence-corrected chi connectivity index (χ1v) is 5.78. The van der Waals surface area contributed by atoms with Crippen LogP contribution in [0.4, 0.5) is 13.2 Å². The van der Waals surface area contributed by atoms with E-state index in [9.17, 15) is 18.0 Å². The molecule has 0 amide bonds. The van der Waals surface area contributed by atoms with E-state index in [1.165, 1.54) is 0 Å². The van der Waals surface area contributed by atoms with Gasteiger partial charge in [0, 0.05) is 5.56 Å². The zero-order valence-electron chi connectivity index (χ0n) is 10.3. The molecule has 108 valence electrons. The van der Waals surface area contributed by atoms with Crippen LogP contribution in [0.1, 0.15) is 16.7 Å². The molecular weight excluding hydrogens is 299 g/mol. The van der Waals surface area contributed by atoms with Gasteiger partial charge in [0.25, 0.3) is 0 Å². The number of esters is 1. The molecule has 0 spiro atoms. The molecule has 0 N–H and O–H groups in total. The molecule has 0 unspecified atom stereocenters. The Hall–Kier alpha value is -1.94. The Labute approximate surface area is 117 Å². The number of halogens is 4. The summed E-state index contributed by atoms with van der Waals surface area (Å²) in [7, 11) is 1.13. The fourth-order valence-electron chi connectivity index (χ4n) is 1.47. The Morgan fingerprint density at radius 1 is 1.40 bits per heavy atom. The van der Waals surface area contributed by atoms with Gasteiger partial charge >= 0.3 is 12.3 Å². The van der Waals surface area contributed by atoms with Crippen molar-refractivity contribution in [3.05, 3.63) is 28.8 Å². The molecule has 0 fully saturated rings. The van der Waals surface area contributed by atoms with Gasteiger partial charge in [0.1, 0.15) is 5.75 Å². The molecule has 0 radical (unpaired) electrons. The van der Waals surface area contributed by atoms with E-state index in [-0.39, 0.29) is 29.0 Å². The van der Waals surface area contributed by atoms with Gasteiger partial charge in [0.15, 0.2) is 0 Å². The molecule has 0 aliphatic rings. The molecule has 1 aromatic carbocycles. The smallest absolute Gasteiger partial charge is 0.469 e. The molecule has 0 aliphatic carbocycles. The molecular formula is C12H9ClF3NO3. The number of nitrogens with zero attached hydrogens (tertiary/aromatic N) is 1. The summed E-state index contributed by atoms with van der Waals surface area (Å²) in [5.74, 6) is -1.48. The van der Waals surface area contributed by atoms with Gasteiger partial charge < -0.3 is 9.47 Å². The zero-order chi connectivity index (χ0) is 15.3. The number of ether oxygens (including phenoxy) is 2. The van der Waals surface area contributed by atoms with E-state index >= 15 is 0 Å². The second kappa shape index (κ2) is 6.48. The van der Waals surface area contributed by atoms with E-state index in [1.807, 2.05) is 0 Å². The van der Waals surface area contributed by atoms with Crippen LogP contribution in [0, 0.1) is 11.3 Å². The van der Waals surface area contributed by atoms with Crippen LogP contribution in [-0.2, 0) is 21.8 Å². The SMILES string of the molecule is COC(=O)Cc1cc(OC(F)(F)F)c(CCl)cc1C#N. The molecule has 0 aliphatic heterocycles. The minimum Gasteiger partial charge on any atom is -0.469 e. The van der Waals surface area contributed by atoms with Crippen molar-refractivity contribution in [2.24, 2.45) is 0 Å².